The normalized spacial score (nSPS) is 14.0. The van der Waals surface area contributed by atoms with Crippen LogP contribution in [0.2, 0.25) is 0 Å². The zero-order valence-corrected chi connectivity index (χ0v) is 21.8. The first kappa shape index (κ1) is 25.9. The van der Waals surface area contributed by atoms with Crippen LogP contribution in [0.4, 0.5) is 0 Å². The average molecular weight is 467 g/mol. The zero-order chi connectivity index (χ0) is 23.6. The van der Waals surface area contributed by atoms with E-state index in [2.05, 4.69) is 53.7 Å². The van der Waals surface area contributed by atoms with Crippen LogP contribution in [-0.4, -0.2) is 25.9 Å². The van der Waals surface area contributed by atoms with Crippen molar-refractivity contribution < 1.29 is 17.7 Å². The molecule has 0 fully saturated rings. The van der Waals surface area contributed by atoms with Crippen molar-refractivity contribution in [3.8, 4) is 5.75 Å². The first-order valence-corrected chi connectivity index (χ1v) is 13.6. The van der Waals surface area contributed by atoms with E-state index in [1.165, 1.54) is 20.9 Å². The SMILES string of the molecule is CCC(CC)(c1ccc(OS(C)(=O)=O)c(C)c1)c1cc(C)c(CC[C@@H](O)C(C)(C)C)s1. The van der Waals surface area contributed by atoms with E-state index in [1.54, 1.807) is 6.07 Å². The van der Waals surface area contributed by atoms with Crippen molar-refractivity contribution in [2.75, 3.05) is 6.26 Å². The molecule has 1 N–H and O–H groups in total. The van der Waals surface area contributed by atoms with Crippen LogP contribution in [-0.2, 0) is 22.0 Å². The second-order valence-electron chi connectivity index (χ2n) is 9.69. The summed E-state index contributed by atoms with van der Waals surface area (Å²) in [5.74, 6) is 0.381. The first-order chi connectivity index (χ1) is 14.2. The molecule has 4 nitrogen and oxygen atoms in total. The van der Waals surface area contributed by atoms with Crippen LogP contribution >= 0.6 is 11.3 Å². The molecule has 1 aromatic heterocycles. The van der Waals surface area contributed by atoms with Crippen molar-refractivity contribution in [1.82, 2.24) is 0 Å². The molecular formula is C25H38O4S2. The van der Waals surface area contributed by atoms with Crippen molar-refractivity contribution in [2.45, 2.75) is 85.7 Å². The summed E-state index contributed by atoms with van der Waals surface area (Å²) < 4.78 is 28.2. The Kier molecular flexibility index (Phi) is 8.05. The Labute approximate surface area is 192 Å². The van der Waals surface area contributed by atoms with Gasteiger partial charge in [-0.3, -0.25) is 0 Å². The lowest BCUT2D eigenvalue weighted by Crippen LogP contribution is -2.26. The summed E-state index contributed by atoms with van der Waals surface area (Å²) >= 11 is 1.84. The van der Waals surface area contributed by atoms with Gasteiger partial charge in [-0.25, -0.2) is 0 Å². The van der Waals surface area contributed by atoms with Crippen LogP contribution < -0.4 is 4.18 Å². The minimum Gasteiger partial charge on any atom is -0.393 e. The van der Waals surface area contributed by atoms with Crippen LogP contribution in [0.3, 0.4) is 0 Å². The van der Waals surface area contributed by atoms with Gasteiger partial charge in [0.2, 0.25) is 0 Å². The second-order valence-corrected chi connectivity index (χ2v) is 12.4. The highest BCUT2D eigenvalue weighted by Gasteiger charge is 2.33. The Balaban J connectivity index is 2.40. The standard InChI is InChI=1S/C25H38O4S2/c1-9-25(10-2,19-11-12-20(17(3)15-19)29-31(8,27)28)23-16-18(4)21(30-23)13-14-22(26)24(5,6)7/h11-12,15-16,22,26H,9-10,13-14H2,1-8H3/t22-/m1/s1. The van der Waals surface area contributed by atoms with Gasteiger partial charge in [-0.15, -0.1) is 11.3 Å². The molecule has 6 heteroatoms. The van der Waals surface area contributed by atoms with Crippen LogP contribution in [0.1, 0.15) is 80.3 Å². The van der Waals surface area contributed by atoms with Crippen molar-refractivity contribution in [1.29, 1.82) is 0 Å². The number of thiophene rings is 1. The quantitative estimate of drug-likeness (QED) is 0.450. The molecule has 2 rings (SSSR count). The summed E-state index contributed by atoms with van der Waals surface area (Å²) in [6, 6.07) is 8.13. The maximum absolute atomic E-state index is 11.5. The van der Waals surface area contributed by atoms with E-state index in [4.69, 9.17) is 4.18 Å². The van der Waals surface area contributed by atoms with E-state index in [1.807, 2.05) is 24.3 Å². The highest BCUT2D eigenvalue weighted by molar-refractivity contribution is 7.86. The largest absolute Gasteiger partial charge is 0.393 e. The molecule has 0 bridgehead atoms. The molecule has 31 heavy (non-hydrogen) atoms. The van der Waals surface area contributed by atoms with E-state index in [0.29, 0.717) is 5.75 Å². The number of aliphatic hydroxyl groups is 1. The number of hydrogen-bond acceptors (Lipinski definition) is 5. The van der Waals surface area contributed by atoms with Gasteiger partial charge < -0.3 is 9.29 Å². The Morgan fingerprint density at radius 2 is 1.68 bits per heavy atom. The maximum Gasteiger partial charge on any atom is 0.306 e. The van der Waals surface area contributed by atoms with Crippen molar-refractivity contribution in [3.05, 3.63) is 50.7 Å². The lowest BCUT2D eigenvalue weighted by molar-refractivity contribution is 0.0561. The predicted octanol–water partition coefficient (Wildman–Crippen LogP) is 6.15. The summed E-state index contributed by atoms with van der Waals surface area (Å²) in [6.45, 7) is 14.7. The molecule has 1 atom stereocenters. The molecule has 174 valence electrons. The summed E-state index contributed by atoms with van der Waals surface area (Å²) in [5, 5.41) is 10.5. The molecule has 0 aliphatic rings. The van der Waals surface area contributed by atoms with Gasteiger partial charge in [0.1, 0.15) is 5.75 Å². The van der Waals surface area contributed by atoms with Crippen molar-refractivity contribution >= 4 is 21.5 Å². The highest BCUT2D eigenvalue weighted by Crippen LogP contribution is 2.44. The minimum atomic E-state index is -3.56. The van der Waals surface area contributed by atoms with Gasteiger partial charge in [-0.1, -0.05) is 46.8 Å². The zero-order valence-electron chi connectivity index (χ0n) is 20.2. The molecule has 0 saturated heterocycles. The second kappa shape index (κ2) is 9.63. The van der Waals surface area contributed by atoms with Gasteiger partial charge in [0.15, 0.2) is 0 Å². The third kappa shape index (κ3) is 6.11. The molecule has 0 spiro atoms. The van der Waals surface area contributed by atoms with E-state index in [0.717, 1.165) is 37.5 Å². The number of aryl methyl sites for hydroxylation is 3. The lowest BCUT2D eigenvalue weighted by atomic mass is 9.74. The monoisotopic (exact) mass is 466 g/mol. The van der Waals surface area contributed by atoms with Crippen LogP contribution in [0.15, 0.2) is 24.3 Å². The molecule has 0 radical (unpaired) electrons. The third-order valence-electron chi connectivity index (χ3n) is 6.31. The molecular weight excluding hydrogens is 428 g/mol. The fraction of sp³-hybridized carbons (Fsp3) is 0.600. The van der Waals surface area contributed by atoms with Gasteiger partial charge in [-0.2, -0.15) is 8.42 Å². The van der Waals surface area contributed by atoms with Crippen molar-refractivity contribution in [2.24, 2.45) is 5.41 Å². The number of hydrogen-bond donors (Lipinski definition) is 1. The Morgan fingerprint density at radius 3 is 2.16 bits per heavy atom. The molecule has 0 aliphatic heterocycles. The van der Waals surface area contributed by atoms with Gasteiger partial charge in [0.25, 0.3) is 0 Å². The highest BCUT2D eigenvalue weighted by atomic mass is 32.2. The number of benzene rings is 1. The topological polar surface area (TPSA) is 63.6 Å². The van der Waals surface area contributed by atoms with Crippen LogP contribution in [0.5, 0.6) is 5.75 Å². The lowest BCUT2D eigenvalue weighted by Gasteiger charge is -2.32. The van der Waals surface area contributed by atoms with Gasteiger partial charge in [-0.05, 0) is 73.8 Å². The van der Waals surface area contributed by atoms with Crippen LogP contribution in [0, 0.1) is 19.3 Å². The maximum atomic E-state index is 11.5. The van der Waals surface area contributed by atoms with Crippen molar-refractivity contribution in [3.63, 3.8) is 0 Å². The Morgan fingerprint density at radius 1 is 1.06 bits per heavy atom. The molecule has 0 saturated carbocycles. The molecule has 0 aliphatic carbocycles. The fourth-order valence-corrected chi connectivity index (χ4v) is 6.11. The average Bonchev–Trinajstić information content (AvgIpc) is 3.02. The van der Waals surface area contributed by atoms with E-state index in [9.17, 15) is 13.5 Å². The van der Waals surface area contributed by atoms with Crippen LogP contribution in [0.25, 0.3) is 0 Å². The molecule has 1 heterocycles. The first-order valence-electron chi connectivity index (χ1n) is 11.0. The van der Waals surface area contributed by atoms with Gasteiger partial charge >= 0.3 is 10.1 Å². The smallest absolute Gasteiger partial charge is 0.306 e. The third-order valence-corrected chi connectivity index (χ3v) is 8.30. The summed E-state index contributed by atoms with van der Waals surface area (Å²) in [6.07, 6.45) is 4.25. The molecule has 2 aromatic rings. The number of rotatable bonds is 9. The summed E-state index contributed by atoms with van der Waals surface area (Å²) in [4.78, 5) is 2.66. The minimum absolute atomic E-state index is 0.113. The molecule has 0 amide bonds. The molecule has 1 aromatic carbocycles. The van der Waals surface area contributed by atoms with E-state index < -0.39 is 10.1 Å². The summed E-state index contributed by atoms with van der Waals surface area (Å²) in [7, 11) is -3.56. The van der Waals surface area contributed by atoms with E-state index in [-0.39, 0.29) is 16.9 Å². The van der Waals surface area contributed by atoms with Gasteiger partial charge in [0.05, 0.1) is 12.4 Å². The Hall–Kier alpha value is -1.37. The number of aliphatic hydroxyl groups excluding tert-OH is 1. The summed E-state index contributed by atoms with van der Waals surface area (Å²) in [5.41, 5.74) is 3.03. The Bertz CT molecular complexity index is 993. The fourth-order valence-electron chi connectivity index (χ4n) is 4.06. The molecule has 0 unspecified atom stereocenters. The van der Waals surface area contributed by atoms with Gasteiger partial charge in [0, 0.05) is 15.2 Å². The van der Waals surface area contributed by atoms with E-state index >= 15 is 0 Å². The predicted molar refractivity (Wildman–Crippen MR) is 131 cm³/mol.